The van der Waals surface area contributed by atoms with Crippen molar-refractivity contribution in [2.45, 2.75) is 18.2 Å². The molecule has 1 fully saturated rings. The largest absolute Gasteiger partial charge is 0.481 e. The number of aromatic nitrogens is 2. The number of hydrogen-bond donors (Lipinski definition) is 2. The van der Waals surface area contributed by atoms with Crippen LogP contribution in [0.3, 0.4) is 0 Å². The number of amides is 1. The van der Waals surface area contributed by atoms with Gasteiger partial charge in [-0.05, 0) is 17.2 Å². The van der Waals surface area contributed by atoms with E-state index in [0.717, 1.165) is 22.9 Å². The lowest BCUT2D eigenvalue weighted by Crippen LogP contribution is -2.26. The maximum atomic E-state index is 11.6. The van der Waals surface area contributed by atoms with E-state index in [1.807, 2.05) is 35.0 Å². The van der Waals surface area contributed by atoms with Crippen molar-refractivity contribution < 1.29 is 14.7 Å². The molecule has 1 aliphatic rings. The van der Waals surface area contributed by atoms with Crippen LogP contribution in [0.2, 0.25) is 0 Å². The Morgan fingerprint density at radius 2 is 2.36 bits per heavy atom. The Kier molecular flexibility index (Phi) is 5.24. The summed E-state index contributed by atoms with van der Waals surface area (Å²) in [5, 5.41) is 18.8. The predicted octanol–water partition coefficient (Wildman–Crippen LogP) is 1.33. The van der Waals surface area contributed by atoms with Gasteiger partial charge in [-0.2, -0.15) is 5.10 Å². The molecule has 0 bridgehead atoms. The van der Waals surface area contributed by atoms with E-state index in [0.29, 0.717) is 11.7 Å². The average molecular weight is 357 g/mol. The van der Waals surface area contributed by atoms with E-state index in [1.54, 1.807) is 18.7 Å². The molecule has 0 spiro atoms. The molecule has 1 aromatic carbocycles. The first kappa shape index (κ1) is 16.9. The number of carboxylic acids is 1. The fourth-order valence-electron chi connectivity index (χ4n) is 2.26. The minimum Gasteiger partial charge on any atom is -0.481 e. The van der Waals surface area contributed by atoms with E-state index < -0.39 is 11.2 Å². The number of carbonyl (C=O) groups is 2. The third-order valence-corrected chi connectivity index (χ3v) is 4.44. The molecule has 1 unspecified atom stereocenters. The fourth-order valence-corrected chi connectivity index (χ4v) is 3.17. The molecule has 1 saturated heterocycles. The van der Waals surface area contributed by atoms with E-state index >= 15 is 0 Å². The smallest absolute Gasteiger partial charge is 0.305 e. The molecule has 0 aliphatic carbocycles. The molecule has 2 N–H and O–H groups in total. The summed E-state index contributed by atoms with van der Waals surface area (Å²) in [5.74, 6) is -1.38. The zero-order valence-electron chi connectivity index (χ0n) is 13.1. The SMILES string of the molecule is O=C(O)CC1SC(=NN=Cc2cccc(Cn3ccnc3)c2)NC1=O. The predicted molar refractivity (Wildman–Crippen MR) is 94.6 cm³/mol. The quantitative estimate of drug-likeness (QED) is 0.599. The maximum Gasteiger partial charge on any atom is 0.305 e. The number of hydrogen-bond acceptors (Lipinski definition) is 6. The number of rotatable bonds is 6. The lowest BCUT2D eigenvalue weighted by molar-refractivity contribution is -0.138. The molecule has 1 aliphatic heterocycles. The van der Waals surface area contributed by atoms with Crippen LogP contribution < -0.4 is 5.32 Å². The van der Waals surface area contributed by atoms with Crippen LogP contribution in [0, 0.1) is 0 Å². The summed E-state index contributed by atoms with van der Waals surface area (Å²) in [4.78, 5) is 26.3. The van der Waals surface area contributed by atoms with Gasteiger partial charge in [0, 0.05) is 18.9 Å². The Morgan fingerprint density at radius 3 is 3.12 bits per heavy atom. The second-order valence-electron chi connectivity index (χ2n) is 5.32. The van der Waals surface area contributed by atoms with Gasteiger partial charge in [0.05, 0.1) is 19.0 Å². The molecule has 9 heteroatoms. The van der Waals surface area contributed by atoms with Gasteiger partial charge in [0.1, 0.15) is 5.25 Å². The molecule has 128 valence electrons. The number of imidazole rings is 1. The van der Waals surface area contributed by atoms with Crippen molar-refractivity contribution in [2.75, 3.05) is 0 Å². The standard InChI is InChI=1S/C16H15N5O3S/c22-14(23)7-13-15(24)19-16(25-13)20-18-8-11-2-1-3-12(6-11)9-21-5-4-17-10-21/h1-6,8,10,13H,7,9H2,(H,22,23)(H,19,20,24). The van der Waals surface area contributed by atoms with Crippen LogP contribution in [-0.4, -0.2) is 43.2 Å². The van der Waals surface area contributed by atoms with Crippen LogP contribution >= 0.6 is 11.8 Å². The molecule has 2 aromatic rings. The van der Waals surface area contributed by atoms with Gasteiger partial charge in [0.25, 0.3) is 0 Å². The zero-order chi connectivity index (χ0) is 17.6. The van der Waals surface area contributed by atoms with Crippen molar-refractivity contribution in [2.24, 2.45) is 10.2 Å². The minimum atomic E-state index is -1.02. The number of thioether (sulfide) groups is 1. The molecule has 0 radical (unpaired) electrons. The fraction of sp³-hybridized carbons (Fsp3) is 0.188. The van der Waals surface area contributed by atoms with Gasteiger partial charge in [0.15, 0.2) is 5.17 Å². The summed E-state index contributed by atoms with van der Waals surface area (Å²) in [6.45, 7) is 0.707. The molecule has 2 heterocycles. The summed E-state index contributed by atoms with van der Waals surface area (Å²) in [5.41, 5.74) is 1.97. The first-order valence-corrected chi connectivity index (χ1v) is 8.33. The van der Waals surface area contributed by atoms with Crippen LogP contribution in [0.4, 0.5) is 0 Å². The summed E-state index contributed by atoms with van der Waals surface area (Å²) >= 11 is 1.07. The monoisotopic (exact) mass is 357 g/mol. The van der Waals surface area contributed by atoms with Gasteiger partial charge in [0.2, 0.25) is 5.91 Å². The van der Waals surface area contributed by atoms with Crippen LogP contribution in [0.1, 0.15) is 17.5 Å². The van der Waals surface area contributed by atoms with Crippen LogP contribution in [0.15, 0.2) is 53.2 Å². The van der Waals surface area contributed by atoms with Gasteiger partial charge < -0.3 is 15.0 Å². The summed E-state index contributed by atoms with van der Waals surface area (Å²) < 4.78 is 1.96. The van der Waals surface area contributed by atoms with Crippen molar-refractivity contribution in [3.63, 3.8) is 0 Å². The van der Waals surface area contributed by atoms with Crippen molar-refractivity contribution in [3.8, 4) is 0 Å². The number of aliphatic carboxylic acids is 1. The minimum absolute atomic E-state index is 0.241. The molecule has 3 rings (SSSR count). The Morgan fingerprint density at radius 1 is 1.48 bits per heavy atom. The summed E-state index contributed by atoms with van der Waals surface area (Å²) in [6, 6.07) is 7.81. The Balaban J connectivity index is 1.62. The van der Waals surface area contributed by atoms with E-state index in [1.165, 1.54) is 0 Å². The second kappa shape index (κ2) is 7.75. The molecule has 0 saturated carbocycles. The second-order valence-corrected chi connectivity index (χ2v) is 6.51. The normalized spacial score (nSPS) is 18.8. The van der Waals surface area contributed by atoms with Crippen molar-refractivity contribution in [1.82, 2.24) is 14.9 Å². The molecule has 8 nitrogen and oxygen atoms in total. The summed E-state index contributed by atoms with van der Waals surface area (Å²) in [7, 11) is 0. The number of carboxylic acid groups (broad SMARTS) is 1. The van der Waals surface area contributed by atoms with Crippen molar-refractivity contribution in [1.29, 1.82) is 0 Å². The van der Waals surface area contributed by atoms with E-state index in [2.05, 4.69) is 20.5 Å². The van der Waals surface area contributed by atoms with Crippen LogP contribution in [-0.2, 0) is 16.1 Å². The highest BCUT2D eigenvalue weighted by Gasteiger charge is 2.32. The topological polar surface area (TPSA) is 109 Å². The van der Waals surface area contributed by atoms with E-state index in [-0.39, 0.29) is 12.3 Å². The number of benzene rings is 1. The Hall–Kier alpha value is -2.94. The van der Waals surface area contributed by atoms with Gasteiger partial charge in [-0.25, -0.2) is 4.98 Å². The third kappa shape index (κ3) is 4.77. The average Bonchev–Trinajstić information content (AvgIpc) is 3.18. The highest BCUT2D eigenvalue weighted by atomic mass is 32.2. The van der Waals surface area contributed by atoms with Gasteiger partial charge in [-0.3, -0.25) is 9.59 Å². The number of carbonyl (C=O) groups excluding carboxylic acids is 1. The van der Waals surface area contributed by atoms with Crippen LogP contribution in [0.5, 0.6) is 0 Å². The number of amidine groups is 1. The van der Waals surface area contributed by atoms with E-state index in [9.17, 15) is 9.59 Å². The van der Waals surface area contributed by atoms with Crippen molar-refractivity contribution >= 4 is 35.0 Å². The van der Waals surface area contributed by atoms with Gasteiger partial charge >= 0.3 is 5.97 Å². The first-order valence-electron chi connectivity index (χ1n) is 7.45. The molecular formula is C16H15N5O3S. The van der Waals surface area contributed by atoms with Gasteiger partial charge in [-0.15, -0.1) is 5.10 Å². The lowest BCUT2D eigenvalue weighted by atomic mass is 10.1. The molecule has 1 aromatic heterocycles. The van der Waals surface area contributed by atoms with Crippen molar-refractivity contribution in [3.05, 3.63) is 54.1 Å². The Labute approximate surface area is 147 Å². The third-order valence-electron chi connectivity index (χ3n) is 3.37. The Bertz CT molecular complexity index is 832. The highest BCUT2D eigenvalue weighted by Crippen LogP contribution is 2.22. The number of nitrogens with zero attached hydrogens (tertiary/aromatic N) is 4. The van der Waals surface area contributed by atoms with E-state index in [4.69, 9.17) is 5.11 Å². The lowest BCUT2D eigenvalue weighted by Gasteiger charge is -2.03. The zero-order valence-corrected chi connectivity index (χ0v) is 13.9. The molecule has 1 amide bonds. The number of nitrogens with one attached hydrogen (secondary N) is 1. The molecule has 1 atom stereocenters. The maximum absolute atomic E-state index is 11.6. The summed E-state index contributed by atoms with van der Waals surface area (Å²) in [6.07, 6.45) is 6.71. The molecular weight excluding hydrogens is 342 g/mol. The molecule has 25 heavy (non-hydrogen) atoms. The highest BCUT2D eigenvalue weighted by molar-refractivity contribution is 8.15. The van der Waals surface area contributed by atoms with Crippen LogP contribution in [0.25, 0.3) is 0 Å². The first-order chi connectivity index (χ1) is 12.1. The van der Waals surface area contributed by atoms with Gasteiger partial charge in [-0.1, -0.05) is 30.0 Å².